The van der Waals surface area contributed by atoms with Crippen molar-refractivity contribution in [3.63, 3.8) is 0 Å². The number of tetrazole rings is 1. The lowest BCUT2D eigenvalue weighted by Gasteiger charge is -2.32. The molecule has 2 aromatic carbocycles. The maximum Gasteiger partial charge on any atom is 0.247 e. The molecule has 1 N–H and O–H groups in total. The second kappa shape index (κ2) is 12.6. The van der Waals surface area contributed by atoms with E-state index in [4.69, 9.17) is 0 Å². The van der Waals surface area contributed by atoms with Crippen molar-refractivity contribution in [3.8, 4) is 11.4 Å². The number of pyridine rings is 1. The van der Waals surface area contributed by atoms with Gasteiger partial charge in [-0.2, -0.15) is 4.80 Å². The van der Waals surface area contributed by atoms with Gasteiger partial charge in [-0.25, -0.2) is 0 Å². The molecule has 1 fully saturated rings. The highest BCUT2D eigenvalue weighted by atomic mass is 16.2. The molecule has 5 rings (SSSR count). The van der Waals surface area contributed by atoms with Crippen LogP contribution in [-0.2, 0) is 22.6 Å². The summed E-state index contributed by atoms with van der Waals surface area (Å²) in [7, 11) is 0. The molecule has 0 bridgehead atoms. The summed E-state index contributed by atoms with van der Waals surface area (Å²) in [5, 5.41) is 16.0. The SMILES string of the molecule is Cc1ccc(-c2nnn(CC(=O)N(CCc3ccccc3C)[C@H](C(=O)NC3CCCC3)c3ccncc3)n2)cc1. The molecular formula is C31H35N7O2. The summed E-state index contributed by atoms with van der Waals surface area (Å²) >= 11 is 0. The Kier molecular flexibility index (Phi) is 8.59. The van der Waals surface area contributed by atoms with E-state index in [1.165, 1.54) is 4.80 Å². The third-order valence-electron chi connectivity index (χ3n) is 7.53. The van der Waals surface area contributed by atoms with Crippen molar-refractivity contribution in [2.24, 2.45) is 0 Å². The van der Waals surface area contributed by atoms with Crippen molar-refractivity contribution in [1.82, 2.24) is 35.4 Å². The second-order valence-corrected chi connectivity index (χ2v) is 10.4. The molecule has 4 aromatic rings. The van der Waals surface area contributed by atoms with E-state index in [2.05, 4.69) is 44.8 Å². The first-order valence-corrected chi connectivity index (χ1v) is 13.9. The molecule has 1 atom stereocenters. The minimum absolute atomic E-state index is 0.124. The first-order valence-electron chi connectivity index (χ1n) is 13.9. The van der Waals surface area contributed by atoms with Gasteiger partial charge in [-0.05, 0) is 67.1 Å². The molecule has 9 nitrogen and oxygen atoms in total. The fourth-order valence-corrected chi connectivity index (χ4v) is 5.24. The van der Waals surface area contributed by atoms with Gasteiger partial charge in [-0.15, -0.1) is 10.2 Å². The van der Waals surface area contributed by atoms with E-state index in [9.17, 15) is 9.59 Å². The van der Waals surface area contributed by atoms with E-state index in [-0.39, 0.29) is 24.4 Å². The minimum atomic E-state index is -0.805. The van der Waals surface area contributed by atoms with Crippen molar-refractivity contribution >= 4 is 11.8 Å². The van der Waals surface area contributed by atoms with Crippen LogP contribution in [0.2, 0.25) is 0 Å². The summed E-state index contributed by atoms with van der Waals surface area (Å²) in [4.78, 5) is 34.9. The summed E-state index contributed by atoms with van der Waals surface area (Å²) in [6, 6.07) is 18.9. The molecule has 1 aliphatic rings. The number of carbonyl (C=O) groups is 2. The summed E-state index contributed by atoms with van der Waals surface area (Å²) in [5.41, 5.74) is 4.95. The van der Waals surface area contributed by atoms with Crippen molar-refractivity contribution in [3.05, 3.63) is 95.3 Å². The van der Waals surface area contributed by atoms with Crippen molar-refractivity contribution in [1.29, 1.82) is 0 Å². The standard InChI is InChI=1S/C31H35N7O2/c1-22-11-13-26(14-12-22)30-34-36-38(35-30)21-28(39)37(20-17-24-8-4-3-7-23(24)2)29(25-15-18-32-19-16-25)31(40)33-27-9-5-6-10-27/h3-4,7-8,11-16,18-19,27,29H,5-6,9-10,17,20-21H2,1-2H3,(H,33,40)/t29-/m0/s1. The number of aryl methyl sites for hydroxylation is 2. The molecule has 2 aromatic heterocycles. The second-order valence-electron chi connectivity index (χ2n) is 10.4. The van der Waals surface area contributed by atoms with Gasteiger partial charge in [0.05, 0.1) is 0 Å². The Morgan fingerprint density at radius 3 is 2.45 bits per heavy atom. The van der Waals surface area contributed by atoms with Gasteiger partial charge in [0, 0.05) is 30.5 Å². The Bertz CT molecular complexity index is 1430. The highest BCUT2D eigenvalue weighted by Crippen LogP contribution is 2.25. The Labute approximate surface area is 234 Å². The molecule has 0 saturated heterocycles. The lowest BCUT2D eigenvalue weighted by molar-refractivity contribution is -0.142. The Hall–Kier alpha value is -4.40. The number of amides is 2. The van der Waals surface area contributed by atoms with Gasteiger partial charge in [0.2, 0.25) is 17.6 Å². The molecule has 0 radical (unpaired) electrons. The number of benzene rings is 2. The van der Waals surface area contributed by atoms with E-state index in [1.54, 1.807) is 29.4 Å². The summed E-state index contributed by atoms with van der Waals surface area (Å²) in [6.07, 6.45) is 8.03. The zero-order valence-electron chi connectivity index (χ0n) is 23.0. The predicted octanol–water partition coefficient (Wildman–Crippen LogP) is 4.22. The third-order valence-corrected chi connectivity index (χ3v) is 7.53. The molecular weight excluding hydrogens is 502 g/mol. The average Bonchev–Trinajstić information content (AvgIpc) is 3.65. The molecule has 2 heterocycles. The average molecular weight is 538 g/mol. The van der Waals surface area contributed by atoms with Crippen molar-refractivity contribution in [2.45, 2.75) is 64.6 Å². The summed E-state index contributed by atoms with van der Waals surface area (Å²) in [6.45, 7) is 4.29. The van der Waals surface area contributed by atoms with E-state index in [1.807, 2.05) is 43.3 Å². The largest absolute Gasteiger partial charge is 0.351 e. The Morgan fingerprint density at radius 2 is 1.73 bits per heavy atom. The van der Waals surface area contributed by atoms with E-state index < -0.39 is 6.04 Å². The number of hydrogen-bond donors (Lipinski definition) is 1. The molecule has 0 aliphatic heterocycles. The molecule has 0 spiro atoms. The lowest BCUT2D eigenvalue weighted by atomic mass is 10.0. The van der Waals surface area contributed by atoms with Crippen LogP contribution in [0.1, 0.15) is 54.0 Å². The predicted molar refractivity (Wildman–Crippen MR) is 152 cm³/mol. The van der Waals surface area contributed by atoms with Crippen LogP contribution in [-0.4, -0.2) is 54.5 Å². The molecule has 206 valence electrons. The highest BCUT2D eigenvalue weighted by molar-refractivity contribution is 5.89. The van der Waals surface area contributed by atoms with Gasteiger partial charge in [-0.3, -0.25) is 14.6 Å². The van der Waals surface area contributed by atoms with Gasteiger partial charge < -0.3 is 10.2 Å². The van der Waals surface area contributed by atoms with Gasteiger partial charge in [0.25, 0.3) is 0 Å². The van der Waals surface area contributed by atoms with E-state index in [0.717, 1.165) is 53.5 Å². The number of nitrogens with zero attached hydrogens (tertiary/aromatic N) is 6. The van der Waals surface area contributed by atoms with Crippen molar-refractivity contribution < 1.29 is 9.59 Å². The van der Waals surface area contributed by atoms with Crippen molar-refractivity contribution in [2.75, 3.05) is 6.54 Å². The van der Waals surface area contributed by atoms with Crippen LogP contribution >= 0.6 is 0 Å². The Morgan fingerprint density at radius 1 is 1.00 bits per heavy atom. The molecule has 0 unspecified atom stereocenters. The van der Waals surface area contributed by atoms with Crippen LogP contribution in [0, 0.1) is 13.8 Å². The van der Waals surface area contributed by atoms with Gasteiger partial charge in [-0.1, -0.05) is 66.9 Å². The van der Waals surface area contributed by atoms with E-state index in [0.29, 0.717) is 18.8 Å². The maximum absolute atomic E-state index is 14.0. The summed E-state index contributed by atoms with van der Waals surface area (Å²) < 4.78 is 0. The van der Waals surface area contributed by atoms with Gasteiger partial charge in [0.1, 0.15) is 12.6 Å². The molecule has 1 saturated carbocycles. The fraction of sp³-hybridized carbons (Fsp3) is 0.355. The monoisotopic (exact) mass is 537 g/mol. The zero-order chi connectivity index (χ0) is 27.9. The van der Waals surface area contributed by atoms with Crippen LogP contribution < -0.4 is 5.32 Å². The smallest absolute Gasteiger partial charge is 0.247 e. The maximum atomic E-state index is 14.0. The topological polar surface area (TPSA) is 106 Å². The molecule has 40 heavy (non-hydrogen) atoms. The van der Waals surface area contributed by atoms with Crippen LogP contribution in [0.25, 0.3) is 11.4 Å². The quantitative estimate of drug-likeness (QED) is 0.325. The van der Waals surface area contributed by atoms with Crippen LogP contribution in [0.15, 0.2) is 73.1 Å². The number of rotatable bonds is 10. The normalized spacial score (nSPS) is 14.2. The molecule has 2 amide bonds. The minimum Gasteiger partial charge on any atom is -0.351 e. The van der Waals surface area contributed by atoms with Gasteiger partial charge >= 0.3 is 0 Å². The number of aromatic nitrogens is 5. The number of nitrogens with one attached hydrogen (secondary N) is 1. The lowest BCUT2D eigenvalue weighted by Crippen LogP contribution is -2.47. The number of hydrogen-bond acceptors (Lipinski definition) is 6. The third kappa shape index (κ3) is 6.59. The molecule has 1 aliphatic carbocycles. The fourth-order valence-electron chi connectivity index (χ4n) is 5.24. The first kappa shape index (κ1) is 27.2. The van der Waals surface area contributed by atoms with Crippen LogP contribution in [0.4, 0.5) is 0 Å². The van der Waals surface area contributed by atoms with Crippen LogP contribution in [0.3, 0.4) is 0 Å². The highest BCUT2D eigenvalue weighted by Gasteiger charge is 2.33. The van der Waals surface area contributed by atoms with E-state index >= 15 is 0 Å². The molecule has 9 heteroatoms. The first-order chi connectivity index (χ1) is 19.5. The van der Waals surface area contributed by atoms with Gasteiger partial charge in [0.15, 0.2) is 0 Å². The summed E-state index contributed by atoms with van der Waals surface area (Å²) in [5.74, 6) is 0.0110. The zero-order valence-corrected chi connectivity index (χ0v) is 23.0. The number of carbonyl (C=O) groups excluding carboxylic acids is 2. The van der Waals surface area contributed by atoms with Crippen LogP contribution in [0.5, 0.6) is 0 Å². The Balaban J connectivity index is 1.43.